The first kappa shape index (κ1) is 14.8. The molecular formula is C14H13Cl2NO4. The summed E-state index contributed by atoms with van der Waals surface area (Å²) in [5.41, 5.74) is -0.512. The molecule has 0 unspecified atom stereocenters. The Morgan fingerprint density at radius 2 is 2.05 bits per heavy atom. The second kappa shape index (κ2) is 5.26. The maximum atomic E-state index is 12.2. The summed E-state index contributed by atoms with van der Waals surface area (Å²) in [5, 5.41) is 13.4. The number of aliphatic hydroxyl groups is 1. The molecule has 2 aliphatic heterocycles. The van der Waals surface area contributed by atoms with Crippen LogP contribution in [0.4, 0.5) is 0 Å². The largest absolute Gasteiger partial charge is 0.467 e. The van der Waals surface area contributed by atoms with E-state index in [1.165, 1.54) is 13.2 Å². The molecule has 4 atom stereocenters. The molecule has 0 saturated carbocycles. The monoisotopic (exact) mass is 329 g/mol. The second-order valence-electron chi connectivity index (χ2n) is 4.91. The van der Waals surface area contributed by atoms with Crippen LogP contribution in [0.1, 0.15) is 11.6 Å². The van der Waals surface area contributed by atoms with Gasteiger partial charge in [0.25, 0.3) is 0 Å². The molecule has 0 aliphatic carbocycles. The predicted molar refractivity (Wildman–Crippen MR) is 77.1 cm³/mol. The predicted octanol–water partition coefficient (Wildman–Crippen LogP) is 1.82. The molecule has 2 N–H and O–H groups in total. The standard InChI is InChI=1S/C14H13Cl2NO4/c1-20-13(19)14(9-5-6-10(18)21-9)12(17-14)11-7(15)3-2-4-8(11)16/h2-6,9-10,12,17-18H,1H3/t9-,10+,12+,14+/m0/s1. The van der Waals surface area contributed by atoms with Gasteiger partial charge in [-0.25, -0.2) is 4.79 Å². The molecule has 0 spiro atoms. The van der Waals surface area contributed by atoms with Crippen LogP contribution in [-0.4, -0.2) is 36.1 Å². The van der Waals surface area contributed by atoms with Gasteiger partial charge in [0, 0.05) is 15.6 Å². The average molecular weight is 330 g/mol. The van der Waals surface area contributed by atoms with Crippen molar-refractivity contribution in [2.24, 2.45) is 0 Å². The first-order valence-electron chi connectivity index (χ1n) is 6.32. The smallest absolute Gasteiger partial charge is 0.331 e. The number of carbonyl (C=O) groups is 1. The number of aliphatic hydroxyl groups excluding tert-OH is 1. The highest BCUT2D eigenvalue weighted by molar-refractivity contribution is 6.36. The Morgan fingerprint density at radius 1 is 1.38 bits per heavy atom. The van der Waals surface area contributed by atoms with E-state index in [0.717, 1.165) is 0 Å². The molecule has 21 heavy (non-hydrogen) atoms. The van der Waals surface area contributed by atoms with Crippen molar-refractivity contribution in [3.05, 3.63) is 46.0 Å². The van der Waals surface area contributed by atoms with Gasteiger partial charge in [-0.05, 0) is 18.2 Å². The number of esters is 1. The lowest BCUT2D eigenvalue weighted by molar-refractivity contribution is -0.151. The van der Waals surface area contributed by atoms with Gasteiger partial charge in [0.05, 0.1) is 13.2 Å². The van der Waals surface area contributed by atoms with Gasteiger partial charge in [0.15, 0.2) is 11.8 Å². The van der Waals surface area contributed by atoms with Gasteiger partial charge >= 0.3 is 5.97 Å². The summed E-state index contributed by atoms with van der Waals surface area (Å²) in [6, 6.07) is 4.69. The zero-order chi connectivity index (χ0) is 15.2. The number of halogens is 2. The highest BCUT2D eigenvalue weighted by Gasteiger charge is 2.68. The minimum atomic E-state index is -1.13. The summed E-state index contributed by atoms with van der Waals surface area (Å²) >= 11 is 12.4. The van der Waals surface area contributed by atoms with Gasteiger partial charge in [-0.1, -0.05) is 35.3 Å². The molecule has 2 heterocycles. The number of benzene rings is 1. The number of rotatable bonds is 3. The van der Waals surface area contributed by atoms with Crippen LogP contribution >= 0.6 is 23.2 Å². The van der Waals surface area contributed by atoms with Crippen molar-refractivity contribution >= 4 is 29.2 Å². The van der Waals surface area contributed by atoms with E-state index in [1.54, 1.807) is 24.3 Å². The zero-order valence-electron chi connectivity index (χ0n) is 11.0. The van der Waals surface area contributed by atoms with E-state index >= 15 is 0 Å². The number of nitrogens with one attached hydrogen (secondary N) is 1. The lowest BCUT2D eigenvalue weighted by atomic mass is 9.93. The molecule has 2 aliphatic rings. The van der Waals surface area contributed by atoms with Crippen LogP contribution in [0.5, 0.6) is 0 Å². The third-order valence-electron chi connectivity index (χ3n) is 3.75. The summed E-state index contributed by atoms with van der Waals surface area (Å²) in [7, 11) is 1.30. The lowest BCUT2D eigenvalue weighted by Gasteiger charge is -2.20. The van der Waals surface area contributed by atoms with Crippen molar-refractivity contribution in [3.8, 4) is 0 Å². The average Bonchev–Trinajstić information content (AvgIpc) is 3.04. The number of hydrogen-bond acceptors (Lipinski definition) is 5. The van der Waals surface area contributed by atoms with E-state index in [-0.39, 0.29) is 0 Å². The Morgan fingerprint density at radius 3 is 2.57 bits per heavy atom. The van der Waals surface area contributed by atoms with Crippen molar-refractivity contribution in [3.63, 3.8) is 0 Å². The Hall–Kier alpha value is -1.11. The summed E-state index contributed by atoms with van der Waals surface area (Å²) in [6.45, 7) is 0. The summed E-state index contributed by atoms with van der Waals surface area (Å²) in [6.07, 6.45) is 1.40. The van der Waals surface area contributed by atoms with Gasteiger partial charge in [-0.3, -0.25) is 5.32 Å². The van der Waals surface area contributed by atoms with E-state index in [1.807, 2.05) is 0 Å². The van der Waals surface area contributed by atoms with E-state index in [4.69, 9.17) is 32.7 Å². The Balaban J connectivity index is 1.99. The molecule has 5 nitrogen and oxygen atoms in total. The SMILES string of the molecule is COC(=O)[C@]1([C@@H]2C=C[C@H](O)O2)N[C@@H]1c1c(Cl)cccc1Cl. The van der Waals surface area contributed by atoms with E-state index < -0.39 is 29.9 Å². The van der Waals surface area contributed by atoms with Gasteiger partial charge in [0.2, 0.25) is 0 Å². The van der Waals surface area contributed by atoms with E-state index in [0.29, 0.717) is 15.6 Å². The lowest BCUT2D eigenvalue weighted by Crippen LogP contribution is -2.42. The molecular weight excluding hydrogens is 317 g/mol. The molecule has 1 aromatic rings. The normalized spacial score (nSPS) is 34.0. The quantitative estimate of drug-likeness (QED) is 0.502. The molecule has 1 fully saturated rings. The molecule has 1 aromatic carbocycles. The molecule has 1 saturated heterocycles. The van der Waals surface area contributed by atoms with Crippen LogP contribution in [0.15, 0.2) is 30.4 Å². The summed E-state index contributed by atoms with van der Waals surface area (Å²) < 4.78 is 10.2. The number of carbonyl (C=O) groups excluding carboxylic acids is 1. The molecule has 0 radical (unpaired) electrons. The Labute approximate surface area is 131 Å². The summed E-state index contributed by atoms with van der Waals surface area (Å²) in [5.74, 6) is -0.493. The third-order valence-corrected chi connectivity index (χ3v) is 4.41. The second-order valence-corrected chi connectivity index (χ2v) is 5.72. The van der Waals surface area contributed by atoms with Crippen LogP contribution in [0.25, 0.3) is 0 Å². The van der Waals surface area contributed by atoms with E-state index in [2.05, 4.69) is 5.32 Å². The third kappa shape index (κ3) is 2.25. The van der Waals surface area contributed by atoms with Crippen molar-refractivity contribution in [1.29, 1.82) is 0 Å². The molecule has 7 heteroatoms. The molecule has 3 rings (SSSR count). The Bertz CT molecular complexity index is 601. The van der Waals surface area contributed by atoms with Crippen LogP contribution in [0.3, 0.4) is 0 Å². The Kier molecular flexibility index (Phi) is 3.71. The fourth-order valence-corrected chi connectivity index (χ4v) is 3.30. The molecule has 112 valence electrons. The van der Waals surface area contributed by atoms with Crippen molar-refractivity contribution in [1.82, 2.24) is 5.32 Å². The van der Waals surface area contributed by atoms with Crippen molar-refractivity contribution in [2.45, 2.75) is 24.0 Å². The maximum absolute atomic E-state index is 12.2. The number of ether oxygens (including phenoxy) is 2. The zero-order valence-corrected chi connectivity index (χ0v) is 12.6. The van der Waals surface area contributed by atoms with Crippen LogP contribution in [0, 0.1) is 0 Å². The fourth-order valence-electron chi connectivity index (χ4n) is 2.69. The highest BCUT2D eigenvalue weighted by Crippen LogP contribution is 2.50. The van der Waals surface area contributed by atoms with Crippen LogP contribution in [-0.2, 0) is 14.3 Å². The number of methoxy groups -OCH3 is 1. The highest BCUT2D eigenvalue weighted by atomic mass is 35.5. The molecule has 0 amide bonds. The van der Waals surface area contributed by atoms with Gasteiger partial charge in [0.1, 0.15) is 6.10 Å². The molecule has 0 bridgehead atoms. The van der Waals surface area contributed by atoms with Crippen molar-refractivity contribution in [2.75, 3.05) is 7.11 Å². The van der Waals surface area contributed by atoms with Gasteiger partial charge in [-0.15, -0.1) is 0 Å². The maximum Gasteiger partial charge on any atom is 0.331 e. The topological polar surface area (TPSA) is 77.7 Å². The fraction of sp³-hybridized carbons (Fsp3) is 0.357. The van der Waals surface area contributed by atoms with Crippen LogP contribution in [0.2, 0.25) is 10.0 Å². The summed E-state index contributed by atoms with van der Waals surface area (Å²) in [4.78, 5) is 12.2. The minimum Gasteiger partial charge on any atom is -0.467 e. The minimum absolute atomic E-state index is 0.439. The number of hydrogen-bond donors (Lipinski definition) is 2. The van der Waals surface area contributed by atoms with Gasteiger partial charge in [-0.2, -0.15) is 0 Å². The van der Waals surface area contributed by atoms with Gasteiger partial charge < -0.3 is 14.6 Å². The molecule has 0 aromatic heterocycles. The first-order valence-corrected chi connectivity index (χ1v) is 7.08. The van der Waals surface area contributed by atoms with Crippen molar-refractivity contribution < 1.29 is 19.4 Å². The first-order chi connectivity index (χ1) is 10.0. The van der Waals surface area contributed by atoms with Crippen LogP contribution < -0.4 is 5.32 Å². The van der Waals surface area contributed by atoms with E-state index in [9.17, 15) is 9.90 Å².